The Morgan fingerprint density at radius 3 is 2.73 bits per heavy atom. The van der Waals surface area contributed by atoms with E-state index in [1.54, 1.807) is 51.5 Å². The Kier molecular flexibility index (Phi) is 7.86. The summed E-state index contributed by atoms with van der Waals surface area (Å²) in [6.45, 7) is 3.61. The van der Waals surface area contributed by atoms with Crippen molar-refractivity contribution >= 4 is 23.2 Å². The van der Waals surface area contributed by atoms with Gasteiger partial charge in [0.05, 0.1) is 12.1 Å². The van der Waals surface area contributed by atoms with Crippen LogP contribution in [0.2, 0.25) is 0 Å². The van der Waals surface area contributed by atoms with E-state index in [9.17, 15) is 14.0 Å². The largest absolute Gasteiger partial charge is 0.488 e. The Balaban J connectivity index is 1.36. The number of aryl methyl sites for hydroxylation is 1. The number of nitrogens with zero attached hydrogens (tertiary/aromatic N) is 2. The molecule has 1 saturated heterocycles. The molecule has 0 bridgehead atoms. The van der Waals surface area contributed by atoms with E-state index in [1.807, 2.05) is 30.5 Å². The molecule has 1 fully saturated rings. The number of rotatable bonds is 8. The van der Waals surface area contributed by atoms with E-state index in [0.717, 1.165) is 30.4 Å². The molecule has 3 heterocycles. The van der Waals surface area contributed by atoms with Crippen LogP contribution in [-0.2, 0) is 16.0 Å². The van der Waals surface area contributed by atoms with Crippen LogP contribution in [0.3, 0.4) is 0 Å². The van der Waals surface area contributed by atoms with Crippen LogP contribution >= 0.6 is 11.3 Å². The smallest absolute Gasteiger partial charge is 0.254 e. The zero-order valence-electron chi connectivity index (χ0n) is 20.9. The van der Waals surface area contributed by atoms with Gasteiger partial charge < -0.3 is 19.3 Å². The van der Waals surface area contributed by atoms with Gasteiger partial charge in [0, 0.05) is 30.1 Å². The first-order chi connectivity index (χ1) is 18.0. The molecular formula is C29H31FN2O4S. The molecule has 2 atom stereocenters. The number of hydrogen-bond donors (Lipinski definition) is 0. The molecule has 2 aliphatic heterocycles. The molecule has 2 aliphatic rings. The Morgan fingerprint density at radius 2 is 1.97 bits per heavy atom. The molecule has 0 radical (unpaired) electrons. The van der Waals surface area contributed by atoms with Gasteiger partial charge in [-0.1, -0.05) is 29.8 Å². The highest BCUT2D eigenvalue weighted by Gasteiger charge is 2.34. The molecule has 1 aromatic heterocycles. The number of thiophene rings is 1. The van der Waals surface area contributed by atoms with Gasteiger partial charge in [0.1, 0.15) is 13.2 Å². The SMILES string of the molecule is Cc1ccc(C(=O)N(CC(=O)N2CCc3sccc3[C@@H]2COc2ccccc2F)C[C@@H]2CCCO2)cc1. The van der Waals surface area contributed by atoms with Gasteiger partial charge >= 0.3 is 0 Å². The van der Waals surface area contributed by atoms with E-state index >= 15 is 0 Å². The van der Waals surface area contributed by atoms with E-state index in [4.69, 9.17) is 9.47 Å². The van der Waals surface area contributed by atoms with Crippen LogP contribution in [-0.4, -0.2) is 60.6 Å². The minimum Gasteiger partial charge on any atom is -0.488 e. The van der Waals surface area contributed by atoms with Crippen molar-refractivity contribution in [3.8, 4) is 5.75 Å². The summed E-state index contributed by atoms with van der Waals surface area (Å²) in [4.78, 5) is 31.8. The minimum atomic E-state index is -0.437. The zero-order valence-corrected chi connectivity index (χ0v) is 21.7. The third kappa shape index (κ3) is 5.86. The number of para-hydroxylation sites is 1. The summed E-state index contributed by atoms with van der Waals surface area (Å²) in [7, 11) is 0. The van der Waals surface area contributed by atoms with Crippen molar-refractivity contribution in [2.24, 2.45) is 0 Å². The van der Waals surface area contributed by atoms with Crippen LogP contribution in [0.5, 0.6) is 5.75 Å². The van der Waals surface area contributed by atoms with Crippen molar-refractivity contribution < 1.29 is 23.5 Å². The lowest BCUT2D eigenvalue weighted by molar-refractivity contribution is -0.135. The second-order valence-electron chi connectivity index (χ2n) is 9.58. The number of halogens is 1. The normalized spacial score (nSPS) is 18.9. The van der Waals surface area contributed by atoms with Crippen LogP contribution in [0.25, 0.3) is 0 Å². The molecule has 6 nitrogen and oxygen atoms in total. The summed E-state index contributed by atoms with van der Waals surface area (Å²) in [5, 5.41) is 2.01. The van der Waals surface area contributed by atoms with E-state index in [-0.39, 0.29) is 42.9 Å². The van der Waals surface area contributed by atoms with Crippen LogP contribution in [0.15, 0.2) is 60.0 Å². The maximum absolute atomic E-state index is 14.2. The van der Waals surface area contributed by atoms with Crippen molar-refractivity contribution in [2.45, 2.75) is 38.3 Å². The summed E-state index contributed by atoms with van der Waals surface area (Å²) < 4.78 is 25.9. The third-order valence-corrected chi connectivity index (χ3v) is 8.00. The highest BCUT2D eigenvalue weighted by atomic mass is 32.1. The van der Waals surface area contributed by atoms with Crippen molar-refractivity contribution in [3.05, 3.63) is 87.4 Å². The van der Waals surface area contributed by atoms with E-state index in [2.05, 4.69) is 0 Å². The Labute approximate surface area is 220 Å². The molecule has 2 amide bonds. The first-order valence-electron chi connectivity index (χ1n) is 12.7. The minimum absolute atomic E-state index is 0.0533. The van der Waals surface area contributed by atoms with Gasteiger partial charge in [-0.25, -0.2) is 4.39 Å². The quantitative estimate of drug-likeness (QED) is 0.417. The van der Waals surface area contributed by atoms with Crippen molar-refractivity contribution in [3.63, 3.8) is 0 Å². The fourth-order valence-corrected chi connectivity index (χ4v) is 5.92. The summed E-state index contributed by atoms with van der Waals surface area (Å²) in [6, 6.07) is 15.3. The topological polar surface area (TPSA) is 59.1 Å². The molecule has 0 spiro atoms. The molecule has 0 unspecified atom stereocenters. The molecule has 2 aromatic carbocycles. The Bertz CT molecular complexity index is 1240. The third-order valence-electron chi connectivity index (χ3n) is 7.01. The standard InChI is InChI=1S/C29H31FN2O4S/c1-20-8-10-21(11-9-20)29(34)31(17-22-5-4-15-35-22)18-28(33)32-14-12-27-23(13-16-37-27)25(32)19-36-26-7-3-2-6-24(26)30/h2-3,6-11,13,16,22,25H,4-5,12,14-15,17-19H2,1H3/t22-,25-/m0/s1. The number of fused-ring (bicyclic) bond motifs is 1. The monoisotopic (exact) mass is 522 g/mol. The molecular weight excluding hydrogens is 491 g/mol. The summed E-state index contributed by atoms with van der Waals surface area (Å²) in [5.74, 6) is -0.617. The highest BCUT2D eigenvalue weighted by Crippen LogP contribution is 2.34. The van der Waals surface area contributed by atoms with Gasteiger partial charge in [-0.05, 0) is 67.5 Å². The van der Waals surface area contributed by atoms with Crippen LogP contribution in [0.4, 0.5) is 4.39 Å². The molecule has 37 heavy (non-hydrogen) atoms. The van der Waals surface area contributed by atoms with Crippen LogP contribution in [0.1, 0.15) is 45.2 Å². The predicted molar refractivity (Wildman–Crippen MR) is 140 cm³/mol. The number of amides is 2. The van der Waals surface area contributed by atoms with Gasteiger partial charge in [-0.15, -0.1) is 11.3 Å². The first-order valence-corrected chi connectivity index (χ1v) is 13.6. The average Bonchev–Trinajstić information content (AvgIpc) is 3.60. The fourth-order valence-electron chi connectivity index (χ4n) is 4.99. The number of carbonyl (C=O) groups excluding carboxylic acids is 2. The molecule has 8 heteroatoms. The lowest BCUT2D eigenvalue weighted by Crippen LogP contribution is -2.49. The number of ether oxygens (including phenoxy) is 2. The van der Waals surface area contributed by atoms with Gasteiger partial charge in [0.25, 0.3) is 5.91 Å². The Hall–Kier alpha value is -3.23. The number of benzene rings is 2. The molecule has 0 aliphatic carbocycles. The van der Waals surface area contributed by atoms with E-state index in [0.29, 0.717) is 25.3 Å². The molecule has 3 aromatic rings. The number of carbonyl (C=O) groups is 2. The Morgan fingerprint density at radius 1 is 1.16 bits per heavy atom. The predicted octanol–water partition coefficient (Wildman–Crippen LogP) is 5.02. The van der Waals surface area contributed by atoms with Gasteiger partial charge in [-0.3, -0.25) is 9.59 Å². The molecule has 0 N–H and O–H groups in total. The molecule has 0 saturated carbocycles. The van der Waals surface area contributed by atoms with Crippen LogP contribution in [0, 0.1) is 12.7 Å². The first kappa shape index (κ1) is 25.4. The number of hydrogen-bond acceptors (Lipinski definition) is 5. The summed E-state index contributed by atoms with van der Waals surface area (Å²) in [5.41, 5.74) is 2.64. The molecule has 194 valence electrons. The van der Waals surface area contributed by atoms with Gasteiger partial charge in [0.2, 0.25) is 5.91 Å². The lowest BCUT2D eigenvalue weighted by atomic mass is 10.00. The fraction of sp³-hybridized carbons (Fsp3) is 0.379. The van der Waals surface area contributed by atoms with Gasteiger partial charge in [-0.2, -0.15) is 0 Å². The summed E-state index contributed by atoms with van der Waals surface area (Å²) in [6.07, 6.45) is 2.49. The second-order valence-corrected chi connectivity index (χ2v) is 10.6. The maximum atomic E-state index is 14.2. The second kappa shape index (κ2) is 11.4. The lowest BCUT2D eigenvalue weighted by Gasteiger charge is -2.37. The average molecular weight is 523 g/mol. The summed E-state index contributed by atoms with van der Waals surface area (Å²) >= 11 is 1.66. The van der Waals surface area contributed by atoms with Crippen molar-refractivity contribution in [2.75, 3.05) is 32.8 Å². The van der Waals surface area contributed by atoms with E-state index in [1.165, 1.54) is 10.9 Å². The van der Waals surface area contributed by atoms with Crippen molar-refractivity contribution in [1.82, 2.24) is 9.80 Å². The highest BCUT2D eigenvalue weighted by molar-refractivity contribution is 7.10. The van der Waals surface area contributed by atoms with Crippen molar-refractivity contribution in [1.29, 1.82) is 0 Å². The van der Waals surface area contributed by atoms with Gasteiger partial charge in [0.15, 0.2) is 11.6 Å². The van der Waals surface area contributed by atoms with E-state index < -0.39 is 5.82 Å². The zero-order chi connectivity index (χ0) is 25.8. The maximum Gasteiger partial charge on any atom is 0.254 e. The van der Waals surface area contributed by atoms with Crippen LogP contribution < -0.4 is 4.74 Å². The molecule has 5 rings (SSSR count).